The summed E-state index contributed by atoms with van der Waals surface area (Å²) in [4.78, 5) is 0. The van der Waals surface area contributed by atoms with Gasteiger partial charge in [0.25, 0.3) is 0 Å². The highest BCUT2D eigenvalue weighted by Gasteiger charge is 2.41. The van der Waals surface area contributed by atoms with E-state index in [1.807, 2.05) is 6.92 Å². The van der Waals surface area contributed by atoms with Gasteiger partial charge < -0.3 is 14.8 Å². The second-order valence-electron chi connectivity index (χ2n) is 4.06. The van der Waals surface area contributed by atoms with Gasteiger partial charge in [-0.05, 0) is 26.3 Å². The van der Waals surface area contributed by atoms with Crippen LogP contribution in [0.2, 0.25) is 0 Å². The quantitative estimate of drug-likeness (QED) is 0.764. The van der Waals surface area contributed by atoms with Crippen molar-refractivity contribution in [2.24, 2.45) is 0 Å². The Morgan fingerprint density at radius 3 is 3.07 bits per heavy atom. The zero-order valence-electron chi connectivity index (χ0n) is 8.75. The van der Waals surface area contributed by atoms with Crippen LogP contribution in [-0.2, 0) is 9.47 Å². The predicted molar refractivity (Wildman–Crippen MR) is 58.1 cm³/mol. The maximum absolute atomic E-state index is 5.86. The van der Waals surface area contributed by atoms with Gasteiger partial charge in [-0.1, -0.05) is 0 Å². The summed E-state index contributed by atoms with van der Waals surface area (Å²) in [5.74, 6) is 0. The molecule has 4 heteroatoms. The normalized spacial score (nSPS) is 37.1. The van der Waals surface area contributed by atoms with E-state index in [9.17, 15) is 0 Å². The highest BCUT2D eigenvalue weighted by molar-refractivity contribution is 5.85. The van der Waals surface area contributed by atoms with Crippen molar-refractivity contribution in [3.63, 3.8) is 0 Å². The van der Waals surface area contributed by atoms with Crippen LogP contribution in [0.25, 0.3) is 0 Å². The van der Waals surface area contributed by atoms with Crippen LogP contribution in [0, 0.1) is 0 Å². The fourth-order valence-electron chi connectivity index (χ4n) is 2.38. The van der Waals surface area contributed by atoms with Gasteiger partial charge in [0.15, 0.2) is 0 Å². The van der Waals surface area contributed by atoms with Gasteiger partial charge in [0, 0.05) is 19.6 Å². The van der Waals surface area contributed by atoms with Crippen molar-refractivity contribution < 1.29 is 9.47 Å². The third-order valence-electron chi connectivity index (χ3n) is 3.01. The highest BCUT2D eigenvalue weighted by atomic mass is 35.5. The number of piperidine rings is 1. The smallest absolute Gasteiger partial charge is 0.0836 e. The molecule has 0 aromatic carbocycles. The lowest BCUT2D eigenvalue weighted by atomic mass is 9.90. The third-order valence-corrected chi connectivity index (χ3v) is 3.01. The van der Waals surface area contributed by atoms with Crippen molar-refractivity contribution >= 4 is 12.4 Å². The van der Waals surface area contributed by atoms with Crippen LogP contribution in [0.1, 0.15) is 26.2 Å². The van der Waals surface area contributed by atoms with Gasteiger partial charge in [-0.3, -0.25) is 0 Å². The molecule has 0 amide bonds. The topological polar surface area (TPSA) is 30.5 Å². The Morgan fingerprint density at radius 2 is 2.43 bits per heavy atom. The monoisotopic (exact) mass is 221 g/mol. The Morgan fingerprint density at radius 1 is 1.57 bits per heavy atom. The molecule has 2 saturated heterocycles. The predicted octanol–water partition coefficient (Wildman–Crippen LogP) is 1.36. The molecular weight excluding hydrogens is 202 g/mol. The number of rotatable bonds is 2. The summed E-state index contributed by atoms with van der Waals surface area (Å²) in [6, 6.07) is 0. The van der Waals surface area contributed by atoms with E-state index in [0.717, 1.165) is 32.7 Å². The Hall–Kier alpha value is 0.170. The first-order chi connectivity index (χ1) is 6.35. The number of ether oxygens (including phenoxy) is 2. The molecule has 0 aromatic rings. The second kappa shape index (κ2) is 5.31. The molecule has 0 aromatic heterocycles. The molecule has 2 fully saturated rings. The molecule has 14 heavy (non-hydrogen) atoms. The van der Waals surface area contributed by atoms with Crippen LogP contribution in [0.15, 0.2) is 0 Å². The molecule has 2 heterocycles. The molecule has 0 saturated carbocycles. The Labute approximate surface area is 91.9 Å². The zero-order chi connectivity index (χ0) is 9.15. The lowest BCUT2D eigenvalue weighted by Gasteiger charge is -2.32. The summed E-state index contributed by atoms with van der Waals surface area (Å²) >= 11 is 0. The van der Waals surface area contributed by atoms with Crippen LogP contribution in [0.5, 0.6) is 0 Å². The first-order valence-electron chi connectivity index (χ1n) is 5.31. The van der Waals surface area contributed by atoms with E-state index in [2.05, 4.69) is 5.32 Å². The molecule has 1 spiro atoms. The van der Waals surface area contributed by atoms with E-state index in [1.54, 1.807) is 0 Å². The summed E-state index contributed by atoms with van der Waals surface area (Å²) in [6.07, 6.45) is 3.85. The van der Waals surface area contributed by atoms with Crippen molar-refractivity contribution in [1.82, 2.24) is 5.32 Å². The average molecular weight is 222 g/mol. The highest BCUT2D eigenvalue weighted by Crippen LogP contribution is 2.33. The van der Waals surface area contributed by atoms with Gasteiger partial charge in [0.05, 0.1) is 18.3 Å². The molecule has 2 aliphatic heterocycles. The zero-order valence-corrected chi connectivity index (χ0v) is 9.57. The van der Waals surface area contributed by atoms with Gasteiger partial charge >= 0.3 is 0 Å². The van der Waals surface area contributed by atoms with Crippen LogP contribution < -0.4 is 5.32 Å². The van der Waals surface area contributed by atoms with E-state index in [4.69, 9.17) is 9.47 Å². The molecular formula is C10H20ClNO2. The maximum Gasteiger partial charge on any atom is 0.0836 e. The van der Waals surface area contributed by atoms with Crippen molar-refractivity contribution in [1.29, 1.82) is 0 Å². The molecule has 2 aliphatic rings. The summed E-state index contributed by atoms with van der Waals surface area (Å²) < 4.78 is 11.4. The van der Waals surface area contributed by atoms with Crippen LogP contribution in [0.4, 0.5) is 0 Å². The molecule has 2 atom stereocenters. The first kappa shape index (κ1) is 12.2. The number of hydrogen-bond donors (Lipinski definition) is 1. The summed E-state index contributed by atoms with van der Waals surface area (Å²) in [5, 5.41) is 3.40. The number of hydrogen-bond acceptors (Lipinski definition) is 3. The van der Waals surface area contributed by atoms with Gasteiger partial charge in [-0.15, -0.1) is 12.4 Å². The molecule has 0 bridgehead atoms. The fraction of sp³-hybridized carbons (Fsp3) is 1.00. The fourth-order valence-corrected chi connectivity index (χ4v) is 2.38. The lowest BCUT2D eigenvalue weighted by Crippen LogP contribution is -2.45. The second-order valence-corrected chi connectivity index (χ2v) is 4.06. The van der Waals surface area contributed by atoms with Crippen LogP contribution >= 0.6 is 12.4 Å². The van der Waals surface area contributed by atoms with E-state index in [-0.39, 0.29) is 18.0 Å². The number of halogens is 1. The Balaban J connectivity index is 0.000000980. The van der Waals surface area contributed by atoms with E-state index in [1.165, 1.54) is 12.8 Å². The maximum atomic E-state index is 5.86. The van der Waals surface area contributed by atoms with Crippen LogP contribution in [0.3, 0.4) is 0 Å². The molecule has 2 rings (SSSR count). The van der Waals surface area contributed by atoms with Gasteiger partial charge in [0.1, 0.15) is 0 Å². The Kier molecular flexibility index (Phi) is 4.64. The summed E-state index contributed by atoms with van der Waals surface area (Å²) in [7, 11) is 0. The molecule has 0 aliphatic carbocycles. The summed E-state index contributed by atoms with van der Waals surface area (Å²) in [6.45, 7) is 5.79. The molecule has 1 N–H and O–H groups in total. The number of nitrogens with one attached hydrogen (secondary N) is 1. The molecule has 0 unspecified atom stereocenters. The van der Waals surface area contributed by atoms with Crippen molar-refractivity contribution in [3.8, 4) is 0 Å². The van der Waals surface area contributed by atoms with E-state index in [0.29, 0.717) is 6.10 Å². The minimum Gasteiger partial charge on any atom is -0.376 e. The molecule has 84 valence electrons. The van der Waals surface area contributed by atoms with Crippen molar-refractivity contribution in [2.75, 3.05) is 26.3 Å². The minimum atomic E-state index is 0. The third kappa shape index (κ3) is 2.60. The standard InChI is InChI=1S/C10H19NO2.ClH/c1-2-12-9-6-10(13-7-9)4-3-5-11-8-10;/h9,11H,2-8H2,1H3;1H/t9-,10+;/m0./s1. The summed E-state index contributed by atoms with van der Waals surface area (Å²) in [5.41, 5.74) is 0.109. The van der Waals surface area contributed by atoms with Gasteiger partial charge in [-0.25, -0.2) is 0 Å². The lowest BCUT2D eigenvalue weighted by molar-refractivity contribution is -0.0181. The Bertz CT molecular complexity index is 172. The van der Waals surface area contributed by atoms with E-state index >= 15 is 0 Å². The van der Waals surface area contributed by atoms with E-state index < -0.39 is 0 Å². The van der Waals surface area contributed by atoms with Crippen molar-refractivity contribution in [3.05, 3.63) is 0 Å². The average Bonchev–Trinajstić information content (AvgIpc) is 2.51. The van der Waals surface area contributed by atoms with Crippen molar-refractivity contribution in [2.45, 2.75) is 37.9 Å². The van der Waals surface area contributed by atoms with Crippen LogP contribution in [-0.4, -0.2) is 38.0 Å². The largest absolute Gasteiger partial charge is 0.376 e. The first-order valence-corrected chi connectivity index (χ1v) is 5.31. The molecule has 3 nitrogen and oxygen atoms in total. The SMILES string of the molecule is CCO[C@@H]1CO[C@]2(CCCNC2)C1.Cl. The minimum absolute atomic E-state index is 0. The van der Waals surface area contributed by atoms with Gasteiger partial charge in [-0.2, -0.15) is 0 Å². The molecule has 0 radical (unpaired) electrons. The van der Waals surface area contributed by atoms with Gasteiger partial charge in [0.2, 0.25) is 0 Å².